The van der Waals surface area contributed by atoms with Crippen LogP contribution >= 0.6 is 0 Å². The summed E-state index contributed by atoms with van der Waals surface area (Å²) in [6.07, 6.45) is 1.37. The van der Waals surface area contributed by atoms with Crippen LogP contribution in [-0.4, -0.2) is 66.4 Å². The van der Waals surface area contributed by atoms with Crippen LogP contribution in [0.15, 0.2) is 66.7 Å². The van der Waals surface area contributed by atoms with Gasteiger partial charge in [0, 0.05) is 48.8 Å². The van der Waals surface area contributed by atoms with Gasteiger partial charge in [-0.25, -0.2) is 8.42 Å². The number of hydrogen-bond donors (Lipinski definition) is 0. The number of hydrogen-bond acceptors (Lipinski definition) is 4. The Morgan fingerprint density at radius 2 is 1.50 bits per heavy atom. The van der Waals surface area contributed by atoms with E-state index in [0.717, 1.165) is 34.6 Å². The molecule has 0 bridgehead atoms. The van der Waals surface area contributed by atoms with E-state index in [0.29, 0.717) is 39.1 Å². The lowest BCUT2D eigenvalue weighted by molar-refractivity contribution is 0.0901. The topological polar surface area (TPSA) is 62.6 Å². The first-order chi connectivity index (χ1) is 16.3. The normalized spacial score (nSPS) is 15.5. The lowest BCUT2D eigenvalue weighted by Crippen LogP contribution is -2.50. The first-order valence-corrected chi connectivity index (χ1v) is 13.5. The number of benzene rings is 2. The van der Waals surface area contributed by atoms with Crippen molar-refractivity contribution < 1.29 is 13.2 Å². The molecule has 1 aliphatic rings. The SMILES string of the molecule is Cc1cc(C(=O)CN2CCN(S(=O)(=O)CCCc3ccccc3)CC2)c(C)n1-c1ccccc1. The molecule has 3 aromatic rings. The van der Waals surface area contributed by atoms with E-state index in [-0.39, 0.29) is 11.5 Å². The second-order valence-electron chi connectivity index (χ2n) is 8.96. The zero-order chi connectivity index (χ0) is 24.1. The van der Waals surface area contributed by atoms with E-state index in [9.17, 15) is 13.2 Å². The molecule has 4 rings (SSSR count). The molecule has 1 aliphatic heterocycles. The van der Waals surface area contributed by atoms with Crippen LogP contribution in [0.25, 0.3) is 5.69 Å². The van der Waals surface area contributed by atoms with Crippen molar-refractivity contribution in [2.45, 2.75) is 26.7 Å². The largest absolute Gasteiger partial charge is 0.318 e. The summed E-state index contributed by atoms with van der Waals surface area (Å²) >= 11 is 0. The monoisotopic (exact) mass is 479 g/mol. The molecule has 34 heavy (non-hydrogen) atoms. The van der Waals surface area contributed by atoms with Gasteiger partial charge in [0.15, 0.2) is 5.78 Å². The van der Waals surface area contributed by atoms with Gasteiger partial charge in [0.2, 0.25) is 10.0 Å². The summed E-state index contributed by atoms with van der Waals surface area (Å²) in [5.74, 6) is 0.237. The average molecular weight is 480 g/mol. The minimum absolute atomic E-state index is 0.0782. The third-order valence-corrected chi connectivity index (χ3v) is 8.50. The number of nitrogens with zero attached hydrogens (tertiary/aromatic N) is 3. The average Bonchev–Trinajstić information content (AvgIpc) is 3.14. The highest BCUT2D eigenvalue weighted by Crippen LogP contribution is 2.22. The molecule has 0 atom stereocenters. The highest BCUT2D eigenvalue weighted by atomic mass is 32.2. The van der Waals surface area contributed by atoms with Crippen LogP contribution in [0.3, 0.4) is 0 Å². The molecule has 1 aromatic heterocycles. The van der Waals surface area contributed by atoms with Gasteiger partial charge in [0.05, 0.1) is 12.3 Å². The highest BCUT2D eigenvalue weighted by Gasteiger charge is 2.28. The van der Waals surface area contributed by atoms with Gasteiger partial charge in [-0.2, -0.15) is 4.31 Å². The minimum atomic E-state index is -3.28. The quantitative estimate of drug-likeness (QED) is 0.437. The second kappa shape index (κ2) is 10.7. The van der Waals surface area contributed by atoms with Crippen LogP contribution in [0.2, 0.25) is 0 Å². The Hall–Kier alpha value is -2.74. The summed E-state index contributed by atoms with van der Waals surface area (Å²) in [7, 11) is -3.28. The number of rotatable bonds is 9. The number of piperazine rings is 1. The van der Waals surface area contributed by atoms with Crippen molar-refractivity contribution in [1.82, 2.24) is 13.8 Å². The maximum atomic E-state index is 13.1. The Bertz CT molecular complexity index is 1210. The number of aryl methyl sites for hydroxylation is 2. The van der Waals surface area contributed by atoms with Gasteiger partial charge in [-0.1, -0.05) is 48.5 Å². The van der Waals surface area contributed by atoms with E-state index in [1.807, 2.05) is 80.6 Å². The molecule has 0 amide bonds. The maximum absolute atomic E-state index is 13.1. The fourth-order valence-electron chi connectivity index (χ4n) is 4.71. The molecular formula is C27H33N3O3S. The molecule has 2 aromatic carbocycles. The molecule has 7 heteroatoms. The third kappa shape index (κ3) is 5.66. The summed E-state index contributed by atoms with van der Waals surface area (Å²) in [6.45, 7) is 6.31. The molecule has 0 aliphatic carbocycles. The number of carbonyl (C=O) groups is 1. The Labute approximate surface area is 202 Å². The van der Waals surface area contributed by atoms with E-state index < -0.39 is 10.0 Å². The molecule has 0 saturated carbocycles. The summed E-state index contributed by atoms with van der Waals surface area (Å²) in [5.41, 5.74) is 4.90. The van der Waals surface area contributed by atoms with Crippen LogP contribution < -0.4 is 0 Å². The van der Waals surface area contributed by atoms with Gasteiger partial charge < -0.3 is 4.57 Å². The third-order valence-electron chi connectivity index (χ3n) is 6.55. The van der Waals surface area contributed by atoms with Crippen molar-refractivity contribution >= 4 is 15.8 Å². The van der Waals surface area contributed by atoms with Gasteiger partial charge >= 0.3 is 0 Å². The molecule has 1 saturated heterocycles. The first kappa shape index (κ1) is 24.4. The van der Waals surface area contributed by atoms with E-state index in [2.05, 4.69) is 9.47 Å². The predicted octanol–water partition coefficient (Wildman–Crippen LogP) is 3.86. The number of carbonyl (C=O) groups excluding carboxylic acids is 1. The fourth-order valence-corrected chi connectivity index (χ4v) is 6.19. The van der Waals surface area contributed by atoms with Crippen molar-refractivity contribution in [3.63, 3.8) is 0 Å². The van der Waals surface area contributed by atoms with Crippen molar-refractivity contribution in [3.05, 3.63) is 89.2 Å². The maximum Gasteiger partial charge on any atom is 0.214 e. The van der Waals surface area contributed by atoms with Crippen molar-refractivity contribution in [3.8, 4) is 5.69 Å². The van der Waals surface area contributed by atoms with E-state index in [1.165, 1.54) is 0 Å². The van der Waals surface area contributed by atoms with Gasteiger partial charge in [0.1, 0.15) is 0 Å². The van der Waals surface area contributed by atoms with Gasteiger partial charge in [0.25, 0.3) is 0 Å². The Kier molecular flexibility index (Phi) is 7.66. The lowest BCUT2D eigenvalue weighted by Gasteiger charge is -2.33. The molecule has 0 N–H and O–H groups in total. The summed E-state index contributed by atoms with van der Waals surface area (Å²) in [6, 6.07) is 22.0. The van der Waals surface area contributed by atoms with Crippen LogP contribution in [0.4, 0.5) is 0 Å². The first-order valence-electron chi connectivity index (χ1n) is 11.9. The summed E-state index contributed by atoms with van der Waals surface area (Å²) in [5, 5.41) is 0. The smallest absolute Gasteiger partial charge is 0.214 e. The molecule has 0 unspecified atom stereocenters. The molecule has 0 radical (unpaired) electrons. The number of Topliss-reactive ketones (excluding diaryl/α,β-unsaturated/α-hetero) is 1. The van der Waals surface area contributed by atoms with Crippen molar-refractivity contribution in [1.29, 1.82) is 0 Å². The Morgan fingerprint density at radius 3 is 2.15 bits per heavy atom. The van der Waals surface area contributed by atoms with Gasteiger partial charge in [-0.05, 0) is 50.5 Å². The second-order valence-corrected chi connectivity index (χ2v) is 11.0. The zero-order valence-electron chi connectivity index (χ0n) is 20.0. The molecule has 180 valence electrons. The zero-order valence-corrected chi connectivity index (χ0v) is 20.8. The Balaban J connectivity index is 1.30. The summed E-state index contributed by atoms with van der Waals surface area (Å²) in [4.78, 5) is 15.2. The fraction of sp³-hybridized carbons (Fsp3) is 0.370. The van der Waals surface area contributed by atoms with Crippen molar-refractivity contribution in [2.75, 3.05) is 38.5 Å². The molecule has 1 fully saturated rings. The van der Waals surface area contributed by atoms with Crippen LogP contribution in [-0.2, 0) is 16.4 Å². The highest BCUT2D eigenvalue weighted by molar-refractivity contribution is 7.89. The van der Waals surface area contributed by atoms with E-state index >= 15 is 0 Å². The number of ketones is 1. The number of para-hydroxylation sites is 1. The van der Waals surface area contributed by atoms with Crippen LogP contribution in [0.5, 0.6) is 0 Å². The number of aromatic nitrogens is 1. The minimum Gasteiger partial charge on any atom is -0.318 e. The molecule has 0 spiro atoms. The van der Waals surface area contributed by atoms with E-state index in [1.54, 1.807) is 4.31 Å². The van der Waals surface area contributed by atoms with Crippen LogP contribution in [0.1, 0.15) is 33.7 Å². The van der Waals surface area contributed by atoms with Gasteiger partial charge in [-0.3, -0.25) is 9.69 Å². The van der Waals surface area contributed by atoms with Gasteiger partial charge in [-0.15, -0.1) is 0 Å². The number of sulfonamides is 1. The molecule has 6 nitrogen and oxygen atoms in total. The van der Waals surface area contributed by atoms with Crippen LogP contribution in [0, 0.1) is 13.8 Å². The molecular weight excluding hydrogens is 446 g/mol. The van der Waals surface area contributed by atoms with Crippen molar-refractivity contribution in [2.24, 2.45) is 0 Å². The van der Waals surface area contributed by atoms with E-state index in [4.69, 9.17) is 0 Å². The standard InChI is InChI=1S/C27H33N3O3S/c1-22-20-26(23(2)30(22)25-13-7-4-8-14-25)27(31)21-28-15-17-29(18-16-28)34(32,33)19-9-12-24-10-5-3-6-11-24/h3-8,10-11,13-14,20H,9,12,15-19,21H2,1-2H3. The molecule has 2 heterocycles. The summed E-state index contributed by atoms with van der Waals surface area (Å²) < 4.78 is 29.3. The lowest BCUT2D eigenvalue weighted by atomic mass is 10.1. The predicted molar refractivity (Wildman–Crippen MR) is 136 cm³/mol. The Morgan fingerprint density at radius 1 is 0.882 bits per heavy atom.